The number of amides is 1. The molecule has 0 fully saturated rings. The molecule has 1 aliphatic rings. The van der Waals surface area contributed by atoms with Crippen LogP contribution in [0.2, 0.25) is 0 Å². The highest BCUT2D eigenvalue weighted by molar-refractivity contribution is 7.88. The van der Waals surface area contributed by atoms with E-state index in [4.69, 9.17) is 9.47 Å². The van der Waals surface area contributed by atoms with Crippen LogP contribution in [0, 0.1) is 0 Å². The highest BCUT2D eigenvalue weighted by Crippen LogP contribution is 2.35. The van der Waals surface area contributed by atoms with Gasteiger partial charge in [0.15, 0.2) is 16.3 Å². The van der Waals surface area contributed by atoms with E-state index in [1.165, 1.54) is 18.4 Å². The molecule has 0 saturated heterocycles. The second-order valence-corrected chi connectivity index (χ2v) is 8.72. The number of sulfonamides is 1. The first-order chi connectivity index (χ1) is 11.8. The van der Waals surface area contributed by atoms with E-state index in [-0.39, 0.29) is 6.54 Å². The number of ether oxygens (including phenoxy) is 2. The summed E-state index contributed by atoms with van der Waals surface area (Å²) in [4.78, 5) is 16.8. The first kappa shape index (κ1) is 17.9. The van der Waals surface area contributed by atoms with Gasteiger partial charge in [0.05, 0.1) is 23.0 Å². The number of aryl methyl sites for hydroxylation is 1. The monoisotopic (exact) mass is 385 g/mol. The maximum Gasteiger partial charge on any atom is 0.263 e. The Labute approximate surface area is 149 Å². The molecule has 25 heavy (non-hydrogen) atoms. The minimum atomic E-state index is -3.43. The average molecular weight is 385 g/mol. The molecule has 8 nitrogen and oxygen atoms in total. The number of carbonyl (C=O) groups excluding carboxylic acids is 1. The molecular weight excluding hydrogens is 366 g/mol. The Balaban J connectivity index is 2.02. The number of hydrogen-bond donors (Lipinski definition) is 0. The fourth-order valence-corrected chi connectivity index (χ4v) is 3.91. The average Bonchev–Trinajstić information content (AvgIpc) is 2.87. The zero-order valence-electron chi connectivity index (χ0n) is 14.2. The van der Waals surface area contributed by atoms with Gasteiger partial charge in [0.25, 0.3) is 5.91 Å². The van der Waals surface area contributed by atoms with E-state index < -0.39 is 15.9 Å². The predicted molar refractivity (Wildman–Crippen MR) is 94.5 cm³/mol. The number of likely N-dealkylation sites (N-methyl/N-ethyl adjacent to an activating group) is 1. The van der Waals surface area contributed by atoms with Gasteiger partial charge in [0.1, 0.15) is 13.2 Å². The zero-order chi connectivity index (χ0) is 18.2. The maximum atomic E-state index is 12.1. The number of nitrogens with zero attached hydrogens (tertiary/aromatic N) is 3. The highest BCUT2D eigenvalue weighted by Gasteiger charge is 2.18. The Hall–Kier alpha value is -1.91. The van der Waals surface area contributed by atoms with Crippen molar-refractivity contribution in [3.05, 3.63) is 16.9 Å². The lowest BCUT2D eigenvalue weighted by atomic mass is 10.2. The van der Waals surface area contributed by atoms with E-state index in [0.717, 1.165) is 20.8 Å². The van der Waals surface area contributed by atoms with Gasteiger partial charge in [-0.05, 0) is 6.92 Å². The first-order valence-electron chi connectivity index (χ1n) is 7.71. The summed E-state index contributed by atoms with van der Waals surface area (Å²) in [7, 11) is -2.07. The minimum absolute atomic E-state index is 0.292. The Morgan fingerprint density at radius 1 is 1.32 bits per heavy atom. The number of aromatic nitrogens is 1. The van der Waals surface area contributed by atoms with Crippen LogP contribution in [0.5, 0.6) is 11.5 Å². The second kappa shape index (κ2) is 6.77. The Kier molecular flexibility index (Phi) is 4.85. The van der Waals surface area contributed by atoms with Crippen LogP contribution in [0.3, 0.4) is 0 Å². The molecule has 0 radical (unpaired) electrons. The molecule has 0 N–H and O–H groups in total. The number of benzene rings is 1. The van der Waals surface area contributed by atoms with E-state index in [1.54, 1.807) is 0 Å². The van der Waals surface area contributed by atoms with Crippen LogP contribution in [0.15, 0.2) is 17.1 Å². The fraction of sp³-hybridized carbons (Fsp3) is 0.467. The van der Waals surface area contributed by atoms with E-state index in [1.807, 2.05) is 23.6 Å². The molecule has 2 heterocycles. The van der Waals surface area contributed by atoms with Crippen molar-refractivity contribution in [1.29, 1.82) is 0 Å². The molecule has 1 amide bonds. The molecule has 136 valence electrons. The van der Waals surface area contributed by atoms with Crippen molar-refractivity contribution in [1.82, 2.24) is 8.87 Å². The van der Waals surface area contributed by atoms with E-state index >= 15 is 0 Å². The third kappa shape index (κ3) is 3.70. The third-order valence-corrected chi connectivity index (χ3v) is 6.11. The number of rotatable bonds is 4. The van der Waals surface area contributed by atoms with Crippen molar-refractivity contribution in [2.75, 3.05) is 33.1 Å². The van der Waals surface area contributed by atoms with Gasteiger partial charge in [0, 0.05) is 25.7 Å². The van der Waals surface area contributed by atoms with Crippen LogP contribution in [-0.4, -0.2) is 56.3 Å². The molecule has 0 saturated carbocycles. The van der Waals surface area contributed by atoms with Crippen LogP contribution < -0.4 is 14.3 Å². The van der Waals surface area contributed by atoms with Crippen molar-refractivity contribution >= 4 is 37.5 Å². The summed E-state index contributed by atoms with van der Waals surface area (Å²) in [6, 6.07) is 3.77. The van der Waals surface area contributed by atoms with Gasteiger partial charge >= 0.3 is 0 Å². The van der Waals surface area contributed by atoms with E-state index in [9.17, 15) is 13.2 Å². The summed E-state index contributed by atoms with van der Waals surface area (Å²) < 4.78 is 37.9. The van der Waals surface area contributed by atoms with Gasteiger partial charge in [-0.25, -0.2) is 8.42 Å². The predicted octanol–water partition coefficient (Wildman–Crippen LogP) is 0.813. The summed E-state index contributed by atoms with van der Waals surface area (Å²) in [6.45, 7) is 3.29. The van der Waals surface area contributed by atoms with Crippen molar-refractivity contribution in [3.63, 3.8) is 0 Å². The largest absolute Gasteiger partial charge is 0.486 e. The molecule has 10 heteroatoms. The van der Waals surface area contributed by atoms with Crippen LogP contribution in [0.25, 0.3) is 10.2 Å². The summed E-state index contributed by atoms with van der Waals surface area (Å²) in [5.41, 5.74) is 0.903. The van der Waals surface area contributed by atoms with Gasteiger partial charge < -0.3 is 14.0 Å². The molecule has 1 aromatic carbocycles. The van der Waals surface area contributed by atoms with Crippen LogP contribution >= 0.6 is 11.3 Å². The quantitative estimate of drug-likeness (QED) is 0.777. The van der Waals surface area contributed by atoms with Crippen molar-refractivity contribution < 1.29 is 22.7 Å². The summed E-state index contributed by atoms with van der Waals surface area (Å²) in [5, 5.41) is 0. The Morgan fingerprint density at radius 2 is 1.96 bits per heavy atom. The molecule has 2 aromatic rings. The van der Waals surface area contributed by atoms with Gasteiger partial charge in [-0.3, -0.25) is 4.79 Å². The normalized spacial score (nSPS) is 15.1. The molecule has 0 spiro atoms. The number of thiazole rings is 1. The lowest BCUT2D eigenvalue weighted by molar-refractivity contribution is -0.118. The van der Waals surface area contributed by atoms with Gasteiger partial charge in [-0.2, -0.15) is 9.30 Å². The van der Waals surface area contributed by atoms with Crippen molar-refractivity contribution in [2.45, 2.75) is 13.5 Å². The number of carbonyl (C=O) groups is 1. The molecule has 0 atom stereocenters. The Morgan fingerprint density at radius 3 is 2.56 bits per heavy atom. The maximum absolute atomic E-state index is 12.1. The van der Waals surface area contributed by atoms with Crippen molar-refractivity contribution in [2.24, 2.45) is 4.99 Å². The van der Waals surface area contributed by atoms with Gasteiger partial charge in [-0.1, -0.05) is 11.3 Å². The SMILES string of the molecule is CCn1c(=NC(=O)CN(C)S(C)(=O)=O)sc2cc3c(cc21)OCCO3. The molecule has 1 aromatic heterocycles. The molecule has 0 aliphatic carbocycles. The lowest BCUT2D eigenvalue weighted by Crippen LogP contribution is -2.31. The third-order valence-electron chi connectivity index (χ3n) is 3.81. The van der Waals surface area contributed by atoms with E-state index in [2.05, 4.69) is 4.99 Å². The topological polar surface area (TPSA) is 90.2 Å². The lowest BCUT2D eigenvalue weighted by Gasteiger charge is -2.18. The molecule has 0 bridgehead atoms. The smallest absolute Gasteiger partial charge is 0.263 e. The van der Waals surface area contributed by atoms with Crippen LogP contribution in [0.4, 0.5) is 0 Å². The molecular formula is C15H19N3O5S2. The van der Waals surface area contributed by atoms with Crippen LogP contribution in [0.1, 0.15) is 6.92 Å². The highest BCUT2D eigenvalue weighted by atomic mass is 32.2. The number of hydrogen-bond acceptors (Lipinski definition) is 6. The second-order valence-electron chi connectivity index (χ2n) is 5.62. The van der Waals surface area contributed by atoms with Gasteiger partial charge in [0.2, 0.25) is 10.0 Å². The summed E-state index contributed by atoms with van der Waals surface area (Å²) in [6.07, 6.45) is 1.05. The van der Waals surface area contributed by atoms with Crippen molar-refractivity contribution in [3.8, 4) is 11.5 Å². The molecule has 1 aliphatic heterocycles. The molecule has 3 rings (SSSR count). The zero-order valence-corrected chi connectivity index (χ0v) is 15.8. The summed E-state index contributed by atoms with van der Waals surface area (Å²) in [5.74, 6) is 0.838. The van der Waals surface area contributed by atoms with Gasteiger partial charge in [-0.15, -0.1) is 0 Å². The van der Waals surface area contributed by atoms with E-state index in [0.29, 0.717) is 36.1 Å². The number of fused-ring (bicyclic) bond motifs is 2. The van der Waals surface area contributed by atoms with Crippen LogP contribution in [-0.2, 0) is 21.4 Å². The molecule has 0 unspecified atom stereocenters. The fourth-order valence-electron chi connectivity index (χ4n) is 2.45. The summed E-state index contributed by atoms with van der Waals surface area (Å²) >= 11 is 1.36. The Bertz CT molecular complexity index is 990. The minimum Gasteiger partial charge on any atom is -0.486 e. The first-order valence-corrected chi connectivity index (χ1v) is 10.4. The standard InChI is InChI=1S/C15H19N3O5S2/c1-4-18-10-7-11-12(23-6-5-22-11)8-13(10)24-15(18)16-14(19)9-17(2)25(3,20)21/h7-8H,4-6,9H2,1-3H3.